The second-order valence-electron chi connectivity index (χ2n) is 24.3. The lowest BCUT2D eigenvalue weighted by atomic mass is 9.73. The third kappa shape index (κ3) is 9.35. The van der Waals surface area contributed by atoms with Crippen LogP contribution < -0.4 is 14.5 Å². The van der Waals surface area contributed by atoms with Gasteiger partial charge >= 0.3 is 0 Å². The molecule has 5 nitrogen and oxygen atoms in total. The maximum atomic E-state index is 7.21. The summed E-state index contributed by atoms with van der Waals surface area (Å²) in [7, 11) is 0. The van der Waals surface area contributed by atoms with Crippen LogP contribution in [0.25, 0.3) is 38.8 Å². The SMILES string of the molecule is CC(C)(C)c1cc(N2CN(c3cc(Oc4ccc5c6ccccc6n(-c6cc(C(C)(C)C)ccn6)c5c4)cc(-c4ccccc4)c3)C(C(C)(C)c3ccccc3)=C2C(C)(C)c2ccccc2)cc(C(C)(C)C)c1. The smallest absolute Gasteiger partial charge is 0.137 e. The molecule has 0 atom stereocenters. The Labute approximate surface area is 434 Å². The molecule has 0 aliphatic carbocycles. The monoisotopic (exact) mass is 961 g/mol. The van der Waals surface area contributed by atoms with Gasteiger partial charge in [-0.1, -0.05) is 205 Å². The lowest BCUT2D eigenvalue weighted by Gasteiger charge is -2.38. The van der Waals surface area contributed by atoms with Crippen molar-refractivity contribution in [3.8, 4) is 28.4 Å². The van der Waals surface area contributed by atoms with E-state index in [-0.39, 0.29) is 16.2 Å². The van der Waals surface area contributed by atoms with Crippen LogP contribution in [0.4, 0.5) is 11.4 Å². The molecule has 0 radical (unpaired) electrons. The Hall–Kier alpha value is -7.37. The number of fused-ring (bicyclic) bond motifs is 3. The first-order chi connectivity index (χ1) is 34.6. The number of anilines is 2. The lowest BCUT2D eigenvalue weighted by molar-refractivity contribution is 0.483. The number of hydrogen-bond acceptors (Lipinski definition) is 4. The van der Waals surface area contributed by atoms with Crippen molar-refractivity contribution in [1.82, 2.24) is 9.55 Å². The van der Waals surface area contributed by atoms with Crippen LogP contribution in [0.2, 0.25) is 0 Å². The predicted octanol–water partition coefficient (Wildman–Crippen LogP) is 18.0. The average molecular weight is 961 g/mol. The Kier molecular flexibility index (Phi) is 12.3. The maximum absolute atomic E-state index is 7.21. The zero-order chi connectivity index (χ0) is 51.7. The standard InChI is InChI=1S/C68H72N4O/c1-64(2,3)50-35-36-69-61(42-50)72-59-32-24-23-31-57(59)58-34-33-55(44-60(58)72)73-56-38-47(46-25-17-14-18-26-46)37-53(43-56)70-45-71(54-40-51(65(4,5)6)39-52(41-54)66(7,8)9)63(68(12,13)49-29-21-16-22-30-49)62(70)67(10,11)48-27-19-15-20-28-48/h14-44H,45H2,1-13H3. The second-order valence-corrected chi connectivity index (χ2v) is 24.3. The average Bonchev–Trinajstić information content (AvgIpc) is 3.95. The Morgan fingerprint density at radius 3 is 1.45 bits per heavy atom. The van der Waals surface area contributed by atoms with Crippen LogP contribution in [-0.4, -0.2) is 16.2 Å². The van der Waals surface area contributed by atoms with Gasteiger partial charge in [0.2, 0.25) is 0 Å². The van der Waals surface area contributed by atoms with Gasteiger partial charge in [0, 0.05) is 51.3 Å². The summed E-state index contributed by atoms with van der Waals surface area (Å²) in [6.45, 7) is 31.0. The fourth-order valence-electron chi connectivity index (χ4n) is 10.8. The van der Waals surface area contributed by atoms with Crippen LogP contribution in [0, 0.1) is 0 Å². The topological polar surface area (TPSA) is 33.5 Å². The van der Waals surface area contributed by atoms with Crippen molar-refractivity contribution in [2.75, 3.05) is 16.5 Å². The van der Waals surface area contributed by atoms with Crippen molar-refractivity contribution < 1.29 is 4.74 Å². The van der Waals surface area contributed by atoms with Gasteiger partial charge < -0.3 is 14.5 Å². The highest BCUT2D eigenvalue weighted by Crippen LogP contribution is 2.52. The normalized spacial score (nSPS) is 13.9. The van der Waals surface area contributed by atoms with E-state index in [0.717, 1.165) is 50.6 Å². The van der Waals surface area contributed by atoms with Gasteiger partial charge in [0.25, 0.3) is 0 Å². The minimum absolute atomic E-state index is 0.0339. The summed E-state index contributed by atoms with van der Waals surface area (Å²) in [4.78, 5) is 10.2. The number of aromatic nitrogens is 2. The molecule has 0 saturated heterocycles. The van der Waals surface area contributed by atoms with E-state index in [4.69, 9.17) is 9.72 Å². The van der Waals surface area contributed by atoms with Gasteiger partial charge in [-0.15, -0.1) is 0 Å². The third-order valence-corrected chi connectivity index (χ3v) is 15.2. The quantitative estimate of drug-likeness (QED) is 0.137. The summed E-state index contributed by atoms with van der Waals surface area (Å²) >= 11 is 0. The highest BCUT2D eigenvalue weighted by Gasteiger charge is 2.46. The molecule has 5 heteroatoms. The lowest BCUT2D eigenvalue weighted by Crippen LogP contribution is -2.35. The first-order valence-corrected chi connectivity index (χ1v) is 26.0. The number of rotatable bonds is 10. The molecular formula is C68H72N4O. The molecule has 0 spiro atoms. The van der Waals surface area contributed by atoms with E-state index >= 15 is 0 Å². The number of allylic oxidation sites excluding steroid dienone is 2. The molecule has 2 aromatic heterocycles. The Morgan fingerprint density at radius 2 is 0.890 bits per heavy atom. The number of para-hydroxylation sites is 1. The van der Waals surface area contributed by atoms with E-state index < -0.39 is 10.8 Å². The molecule has 1 aliphatic rings. The van der Waals surface area contributed by atoms with Crippen LogP contribution in [0.3, 0.4) is 0 Å². The number of benzene rings is 7. The second kappa shape index (κ2) is 18.3. The van der Waals surface area contributed by atoms with Gasteiger partial charge in [-0.05, 0) is 110 Å². The van der Waals surface area contributed by atoms with Crippen molar-refractivity contribution in [3.63, 3.8) is 0 Å². The predicted molar refractivity (Wildman–Crippen MR) is 309 cm³/mol. The highest BCUT2D eigenvalue weighted by molar-refractivity contribution is 6.09. The molecule has 1 aliphatic heterocycles. The molecule has 10 rings (SSSR count). The fraction of sp³-hybridized carbons (Fsp3) is 0.279. The van der Waals surface area contributed by atoms with Crippen molar-refractivity contribution in [2.45, 2.75) is 117 Å². The fourth-order valence-corrected chi connectivity index (χ4v) is 10.8. The number of nitrogens with zero attached hydrogens (tertiary/aromatic N) is 4. The molecule has 7 aromatic carbocycles. The molecule has 0 N–H and O–H groups in total. The summed E-state index contributed by atoms with van der Waals surface area (Å²) in [5.41, 5.74) is 14.5. The first-order valence-electron chi connectivity index (χ1n) is 26.0. The van der Waals surface area contributed by atoms with Crippen LogP contribution in [0.5, 0.6) is 11.5 Å². The summed E-state index contributed by atoms with van der Waals surface area (Å²) in [5.74, 6) is 2.40. The van der Waals surface area contributed by atoms with Crippen LogP contribution in [-0.2, 0) is 27.1 Å². The van der Waals surface area contributed by atoms with Crippen molar-refractivity contribution in [1.29, 1.82) is 0 Å². The largest absolute Gasteiger partial charge is 0.457 e. The molecule has 9 aromatic rings. The van der Waals surface area contributed by atoms with E-state index in [1.807, 2.05) is 6.20 Å². The molecule has 3 heterocycles. The van der Waals surface area contributed by atoms with Gasteiger partial charge in [0.1, 0.15) is 17.3 Å². The van der Waals surface area contributed by atoms with Crippen molar-refractivity contribution in [3.05, 3.63) is 227 Å². The van der Waals surface area contributed by atoms with Crippen LogP contribution in [0.15, 0.2) is 200 Å². The summed E-state index contributed by atoms with van der Waals surface area (Å²) in [6, 6.07) is 66.5. The number of hydrogen-bond donors (Lipinski definition) is 0. The van der Waals surface area contributed by atoms with Gasteiger partial charge in [0.15, 0.2) is 0 Å². The van der Waals surface area contributed by atoms with Gasteiger partial charge in [-0.25, -0.2) is 4.98 Å². The van der Waals surface area contributed by atoms with Crippen LogP contribution >= 0.6 is 0 Å². The Balaban J connectivity index is 1.21. The van der Waals surface area contributed by atoms with Gasteiger partial charge in [-0.2, -0.15) is 0 Å². The molecule has 73 heavy (non-hydrogen) atoms. The number of pyridine rings is 1. The molecule has 0 saturated carbocycles. The molecule has 0 unspecified atom stereocenters. The molecular weight excluding hydrogens is 889 g/mol. The number of ether oxygens (including phenoxy) is 1. The summed E-state index contributed by atoms with van der Waals surface area (Å²) in [5, 5.41) is 2.33. The zero-order valence-corrected chi connectivity index (χ0v) is 45.3. The van der Waals surface area contributed by atoms with Gasteiger partial charge in [0.05, 0.1) is 29.1 Å². The summed E-state index contributed by atoms with van der Waals surface area (Å²) < 4.78 is 9.50. The molecule has 0 fully saturated rings. The third-order valence-electron chi connectivity index (χ3n) is 15.2. The van der Waals surface area contributed by atoms with E-state index in [1.165, 1.54) is 50.3 Å². The van der Waals surface area contributed by atoms with Crippen molar-refractivity contribution >= 4 is 33.2 Å². The van der Waals surface area contributed by atoms with E-state index in [9.17, 15) is 0 Å². The Morgan fingerprint density at radius 1 is 0.384 bits per heavy atom. The Bertz CT molecular complexity index is 3470. The van der Waals surface area contributed by atoms with Crippen molar-refractivity contribution in [2.24, 2.45) is 0 Å². The van der Waals surface area contributed by atoms with Gasteiger partial charge in [-0.3, -0.25) is 4.57 Å². The highest BCUT2D eigenvalue weighted by atomic mass is 16.5. The maximum Gasteiger partial charge on any atom is 0.137 e. The zero-order valence-electron chi connectivity index (χ0n) is 45.3. The molecule has 370 valence electrons. The van der Waals surface area contributed by atoms with E-state index in [2.05, 4.69) is 286 Å². The summed E-state index contributed by atoms with van der Waals surface area (Å²) in [6.07, 6.45) is 1.94. The molecule has 0 bridgehead atoms. The van der Waals surface area contributed by atoms with E-state index in [1.54, 1.807) is 0 Å². The molecule has 0 amide bonds. The minimum Gasteiger partial charge on any atom is -0.457 e. The van der Waals surface area contributed by atoms with E-state index in [0.29, 0.717) is 6.67 Å². The first kappa shape index (κ1) is 49.2. The minimum atomic E-state index is -0.452. The van der Waals surface area contributed by atoms with Crippen LogP contribution in [0.1, 0.15) is 118 Å².